The highest BCUT2D eigenvalue weighted by atomic mass is 32.2. The van der Waals surface area contributed by atoms with Gasteiger partial charge in [0.25, 0.3) is 0 Å². The van der Waals surface area contributed by atoms with Gasteiger partial charge < -0.3 is 26.4 Å². The number of fused-ring (bicyclic) bond motifs is 2. The van der Waals surface area contributed by atoms with Crippen LogP contribution in [0.4, 0.5) is 5.69 Å². The number of hydrogen-bond donors (Lipinski definition) is 3. The summed E-state index contributed by atoms with van der Waals surface area (Å²) >= 11 is 1.60. The second-order valence-corrected chi connectivity index (χ2v) is 8.47. The number of rotatable bonds is 2. The van der Waals surface area contributed by atoms with E-state index in [0.29, 0.717) is 26.2 Å². The van der Waals surface area contributed by atoms with Crippen LogP contribution in [0.1, 0.15) is 12.5 Å². The molecule has 2 unspecified atom stereocenters. The minimum Gasteiger partial charge on any atom is -0.508 e. The summed E-state index contributed by atoms with van der Waals surface area (Å²) < 4.78 is 0. The molecule has 0 bridgehead atoms. The molecule has 1 saturated heterocycles. The number of piperazine rings is 1. The number of phenolic OH excluding ortho intramolecular Hbond substituents is 1. The first kappa shape index (κ1) is 19.8. The Morgan fingerprint density at radius 1 is 1.10 bits per heavy atom. The molecule has 0 aromatic heterocycles. The Balaban J connectivity index is 1.61. The summed E-state index contributed by atoms with van der Waals surface area (Å²) in [6.07, 6.45) is 0. The lowest BCUT2D eigenvalue weighted by atomic mass is 10.1. The van der Waals surface area contributed by atoms with Gasteiger partial charge in [0.05, 0.1) is 11.7 Å². The zero-order chi connectivity index (χ0) is 20.5. The molecule has 29 heavy (non-hydrogen) atoms. The molecule has 2 atom stereocenters. The first-order chi connectivity index (χ1) is 13.9. The van der Waals surface area contributed by atoms with Crippen LogP contribution in [0.25, 0.3) is 0 Å². The maximum atomic E-state index is 12.5. The Bertz CT molecular complexity index is 954. The molecule has 2 aliphatic rings. The fourth-order valence-corrected chi connectivity index (χ4v) is 4.58. The molecule has 0 radical (unpaired) electrons. The van der Waals surface area contributed by atoms with Crippen molar-refractivity contribution >= 4 is 29.2 Å². The van der Waals surface area contributed by atoms with E-state index in [9.17, 15) is 9.90 Å². The molecule has 7 nitrogen and oxygen atoms in total. The molecule has 0 saturated carbocycles. The van der Waals surface area contributed by atoms with Crippen molar-refractivity contribution in [2.24, 2.45) is 16.5 Å². The lowest BCUT2D eigenvalue weighted by Gasteiger charge is -2.38. The number of carbonyl (C=O) groups excluding carboxylic acids is 1. The standard InChI is InChI=1S/C21H25N5O2S/c1-13(22)19(23)21(28)26-10-8-25(9-11-26)20-15-4-2-3-5-17(15)29-18-12-14(27)6-7-16(18)24-20/h2-7,12-13,19,27H,8-11,22-23H2,1H3. The molecule has 2 aliphatic heterocycles. The largest absolute Gasteiger partial charge is 0.508 e. The fraction of sp³-hybridized carbons (Fsp3) is 0.333. The molecule has 0 aliphatic carbocycles. The van der Waals surface area contributed by atoms with Crippen molar-refractivity contribution in [2.75, 3.05) is 26.2 Å². The van der Waals surface area contributed by atoms with Crippen LogP contribution >= 0.6 is 11.8 Å². The van der Waals surface area contributed by atoms with Crippen molar-refractivity contribution in [3.63, 3.8) is 0 Å². The molecular weight excluding hydrogens is 386 g/mol. The number of carbonyl (C=O) groups is 1. The van der Waals surface area contributed by atoms with Gasteiger partial charge >= 0.3 is 0 Å². The maximum absolute atomic E-state index is 12.5. The lowest BCUT2D eigenvalue weighted by molar-refractivity contribution is -0.134. The van der Waals surface area contributed by atoms with Gasteiger partial charge in [-0.2, -0.15) is 0 Å². The average Bonchev–Trinajstić information content (AvgIpc) is 2.89. The Labute approximate surface area is 174 Å². The molecular formula is C21H25N5O2S. The van der Waals surface area contributed by atoms with Crippen LogP contribution in [0.15, 0.2) is 57.2 Å². The van der Waals surface area contributed by atoms with Crippen LogP contribution in [0.3, 0.4) is 0 Å². The third kappa shape index (κ3) is 3.96. The number of aliphatic imine (C=N–C) groups is 1. The number of aromatic hydroxyl groups is 1. The van der Waals surface area contributed by atoms with Crippen LogP contribution in [0.5, 0.6) is 5.75 Å². The SMILES string of the molecule is CC(N)C(N)C(=O)N1CCN(C2=Nc3ccc(O)cc3Sc3ccccc32)CC1. The predicted octanol–water partition coefficient (Wildman–Crippen LogP) is 1.75. The van der Waals surface area contributed by atoms with Crippen molar-refractivity contribution in [1.29, 1.82) is 0 Å². The number of nitrogens with zero attached hydrogens (tertiary/aromatic N) is 3. The predicted molar refractivity (Wildman–Crippen MR) is 115 cm³/mol. The molecule has 0 spiro atoms. The normalized spacial score (nSPS) is 18.2. The van der Waals surface area contributed by atoms with Gasteiger partial charge in [-0.3, -0.25) is 4.79 Å². The third-order valence-electron chi connectivity index (χ3n) is 5.26. The van der Waals surface area contributed by atoms with E-state index in [2.05, 4.69) is 17.0 Å². The smallest absolute Gasteiger partial charge is 0.241 e. The Morgan fingerprint density at radius 3 is 2.55 bits per heavy atom. The van der Waals surface area contributed by atoms with E-state index in [4.69, 9.17) is 16.5 Å². The number of amidine groups is 1. The molecule has 2 heterocycles. The van der Waals surface area contributed by atoms with Gasteiger partial charge in [-0.15, -0.1) is 0 Å². The minimum absolute atomic E-state index is 0.0979. The van der Waals surface area contributed by atoms with E-state index in [1.807, 2.05) is 18.2 Å². The van der Waals surface area contributed by atoms with Crippen LogP contribution in [0, 0.1) is 0 Å². The van der Waals surface area contributed by atoms with E-state index in [1.165, 1.54) is 0 Å². The minimum atomic E-state index is -0.673. The zero-order valence-corrected chi connectivity index (χ0v) is 17.1. The molecule has 1 fully saturated rings. The molecule has 8 heteroatoms. The topological polar surface area (TPSA) is 108 Å². The summed E-state index contributed by atoms with van der Waals surface area (Å²) in [4.78, 5) is 23.5. The van der Waals surface area contributed by atoms with E-state index in [1.54, 1.807) is 35.7 Å². The summed E-state index contributed by atoms with van der Waals surface area (Å²) in [7, 11) is 0. The van der Waals surface area contributed by atoms with E-state index < -0.39 is 6.04 Å². The van der Waals surface area contributed by atoms with Crippen LogP contribution in [0.2, 0.25) is 0 Å². The van der Waals surface area contributed by atoms with Gasteiger partial charge in [-0.1, -0.05) is 30.0 Å². The highest BCUT2D eigenvalue weighted by Gasteiger charge is 2.30. The molecule has 2 aromatic rings. The van der Waals surface area contributed by atoms with Crippen molar-refractivity contribution < 1.29 is 9.90 Å². The van der Waals surface area contributed by atoms with Crippen molar-refractivity contribution in [3.05, 3.63) is 48.0 Å². The monoisotopic (exact) mass is 411 g/mol. The average molecular weight is 412 g/mol. The number of nitrogens with two attached hydrogens (primary N) is 2. The second-order valence-electron chi connectivity index (χ2n) is 7.38. The van der Waals surface area contributed by atoms with Crippen LogP contribution < -0.4 is 11.5 Å². The summed E-state index contributed by atoms with van der Waals surface area (Å²) in [6, 6.07) is 12.3. The van der Waals surface area contributed by atoms with Crippen LogP contribution in [-0.4, -0.2) is 64.9 Å². The van der Waals surface area contributed by atoms with Gasteiger partial charge in [0.2, 0.25) is 5.91 Å². The molecule has 2 aromatic carbocycles. The summed E-state index contributed by atoms with van der Waals surface area (Å²) in [5.74, 6) is 1.02. The van der Waals surface area contributed by atoms with Crippen molar-refractivity contribution in [1.82, 2.24) is 9.80 Å². The Kier molecular flexibility index (Phi) is 5.49. The summed E-state index contributed by atoms with van der Waals surface area (Å²) in [6.45, 7) is 4.25. The summed E-state index contributed by atoms with van der Waals surface area (Å²) in [5.41, 5.74) is 13.6. The lowest BCUT2D eigenvalue weighted by Crippen LogP contribution is -2.57. The highest BCUT2D eigenvalue weighted by Crippen LogP contribution is 2.42. The van der Waals surface area contributed by atoms with Gasteiger partial charge in [-0.25, -0.2) is 4.99 Å². The first-order valence-electron chi connectivity index (χ1n) is 9.68. The quantitative estimate of drug-likeness (QED) is 0.695. The molecule has 4 rings (SSSR count). The van der Waals surface area contributed by atoms with Gasteiger partial charge in [0.15, 0.2) is 0 Å². The van der Waals surface area contributed by atoms with E-state index in [0.717, 1.165) is 26.9 Å². The number of hydrogen-bond acceptors (Lipinski definition) is 7. The highest BCUT2D eigenvalue weighted by molar-refractivity contribution is 7.99. The van der Waals surface area contributed by atoms with Crippen molar-refractivity contribution in [2.45, 2.75) is 28.8 Å². The number of phenols is 1. The van der Waals surface area contributed by atoms with E-state index >= 15 is 0 Å². The zero-order valence-electron chi connectivity index (χ0n) is 16.3. The van der Waals surface area contributed by atoms with E-state index in [-0.39, 0.29) is 17.7 Å². The first-order valence-corrected chi connectivity index (χ1v) is 10.5. The summed E-state index contributed by atoms with van der Waals surface area (Å²) in [5, 5.41) is 9.88. The number of amides is 1. The molecule has 5 N–H and O–H groups in total. The Hall–Kier alpha value is -2.55. The van der Waals surface area contributed by atoms with Gasteiger partial charge in [-0.05, 0) is 31.2 Å². The number of benzene rings is 2. The van der Waals surface area contributed by atoms with Crippen molar-refractivity contribution in [3.8, 4) is 5.75 Å². The third-order valence-corrected chi connectivity index (χ3v) is 6.38. The fourth-order valence-electron chi connectivity index (χ4n) is 3.53. The Morgan fingerprint density at radius 2 is 1.83 bits per heavy atom. The van der Waals surface area contributed by atoms with Gasteiger partial charge in [0.1, 0.15) is 11.6 Å². The van der Waals surface area contributed by atoms with Crippen LogP contribution in [-0.2, 0) is 4.79 Å². The van der Waals surface area contributed by atoms with Gasteiger partial charge in [0, 0.05) is 47.6 Å². The molecule has 1 amide bonds. The maximum Gasteiger partial charge on any atom is 0.241 e. The second kappa shape index (κ2) is 8.06. The molecule has 152 valence electrons.